The molecule has 0 unspecified atom stereocenters. The Bertz CT molecular complexity index is 392. The zero-order valence-electron chi connectivity index (χ0n) is 9.18. The zero-order chi connectivity index (χ0) is 11.8. The normalized spacial score (nSPS) is 11.7. The minimum atomic E-state index is -0.133. The molecule has 1 aromatic rings. The standard InChI is InChI=1S/C12H15N3O/c1-10(13)7-8-14-9-15-12(16)11-5-3-2-4-6-11/h2-8H,9,13H2,1H3,(H,15,16). The number of amides is 1. The van der Waals surface area contributed by atoms with Crippen LogP contribution in [0.2, 0.25) is 0 Å². The summed E-state index contributed by atoms with van der Waals surface area (Å²) in [4.78, 5) is 15.5. The van der Waals surface area contributed by atoms with E-state index >= 15 is 0 Å². The average molecular weight is 217 g/mol. The number of carbonyl (C=O) groups excluding carboxylic acids is 1. The number of aliphatic imine (C=N–C) groups is 1. The van der Waals surface area contributed by atoms with E-state index in [1.807, 2.05) is 18.2 Å². The van der Waals surface area contributed by atoms with Gasteiger partial charge in [0.15, 0.2) is 0 Å². The predicted molar refractivity (Wildman–Crippen MR) is 65.2 cm³/mol. The van der Waals surface area contributed by atoms with Crippen LogP contribution in [0.25, 0.3) is 0 Å². The van der Waals surface area contributed by atoms with E-state index in [-0.39, 0.29) is 12.6 Å². The molecule has 0 radical (unpaired) electrons. The summed E-state index contributed by atoms with van der Waals surface area (Å²) in [5, 5.41) is 2.67. The molecule has 1 rings (SSSR count). The molecule has 1 aromatic carbocycles. The maximum absolute atomic E-state index is 11.5. The second-order valence-electron chi connectivity index (χ2n) is 3.27. The van der Waals surface area contributed by atoms with Crippen LogP contribution in [0.4, 0.5) is 0 Å². The lowest BCUT2D eigenvalue weighted by molar-refractivity contribution is 0.0955. The molecule has 0 aromatic heterocycles. The van der Waals surface area contributed by atoms with Gasteiger partial charge in [-0.05, 0) is 25.1 Å². The van der Waals surface area contributed by atoms with Gasteiger partial charge in [0.25, 0.3) is 5.91 Å². The summed E-state index contributed by atoms with van der Waals surface area (Å²) in [6.07, 6.45) is 3.25. The first kappa shape index (κ1) is 12.0. The first-order valence-electron chi connectivity index (χ1n) is 4.95. The molecule has 84 valence electrons. The third kappa shape index (κ3) is 4.41. The highest BCUT2D eigenvalue weighted by molar-refractivity contribution is 5.94. The van der Waals surface area contributed by atoms with Crippen molar-refractivity contribution in [3.05, 3.63) is 47.7 Å². The molecule has 0 heterocycles. The fraction of sp³-hybridized carbons (Fsp3) is 0.167. The van der Waals surface area contributed by atoms with Gasteiger partial charge in [-0.1, -0.05) is 18.2 Å². The number of allylic oxidation sites excluding steroid dienone is 2. The Morgan fingerprint density at radius 2 is 2.12 bits per heavy atom. The van der Waals surface area contributed by atoms with Gasteiger partial charge in [-0.3, -0.25) is 9.79 Å². The fourth-order valence-electron chi connectivity index (χ4n) is 1.03. The third-order valence-corrected chi connectivity index (χ3v) is 1.81. The van der Waals surface area contributed by atoms with Gasteiger partial charge in [0, 0.05) is 17.5 Å². The van der Waals surface area contributed by atoms with E-state index in [1.54, 1.807) is 31.3 Å². The van der Waals surface area contributed by atoms with Crippen molar-refractivity contribution in [1.29, 1.82) is 0 Å². The number of hydrogen-bond donors (Lipinski definition) is 2. The molecule has 0 spiro atoms. The summed E-state index contributed by atoms with van der Waals surface area (Å²) in [6, 6.07) is 9.01. The number of nitrogens with zero attached hydrogens (tertiary/aromatic N) is 1. The zero-order valence-corrected chi connectivity index (χ0v) is 9.18. The van der Waals surface area contributed by atoms with Gasteiger partial charge in [-0.2, -0.15) is 0 Å². The van der Waals surface area contributed by atoms with Gasteiger partial charge in [0.1, 0.15) is 6.67 Å². The van der Waals surface area contributed by atoms with Crippen LogP contribution < -0.4 is 11.1 Å². The van der Waals surface area contributed by atoms with Crippen LogP contribution in [0.15, 0.2) is 47.1 Å². The van der Waals surface area contributed by atoms with Crippen molar-refractivity contribution in [3.63, 3.8) is 0 Å². The molecule has 0 bridgehead atoms. The SMILES string of the molecule is CC(N)=CC=NCNC(=O)c1ccccc1. The lowest BCUT2D eigenvalue weighted by Gasteiger charge is -2.00. The van der Waals surface area contributed by atoms with Crippen LogP contribution in [0.3, 0.4) is 0 Å². The molecule has 4 nitrogen and oxygen atoms in total. The summed E-state index contributed by atoms with van der Waals surface area (Å²) >= 11 is 0. The van der Waals surface area contributed by atoms with Crippen LogP contribution in [-0.2, 0) is 0 Å². The Balaban J connectivity index is 2.37. The molecule has 0 saturated carbocycles. The molecule has 0 saturated heterocycles. The van der Waals surface area contributed by atoms with Gasteiger partial charge in [-0.25, -0.2) is 0 Å². The highest BCUT2D eigenvalue weighted by Crippen LogP contribution is 1.97. The number of hydrogen-bond acceptors (Lipinski definition) is 3. The van der Waals surface area contributed by atoms with Gasteiger partial charge >= 0.3 is 0 Å². The van der Waals surface area contributed by atoms with E-state index < -0.39 is 0 Å². The molecule has 0 aliphatic carbocycles. The maximum atomic E-state index is 11.5. The highest BCUT2D eigenvalue weighted by Gasteiger charge is 2.00. The van der Waals surface area contributed by atoms with E-state index in [0.29, 0.717) is 11.3 Å². The number of nitrogens with one attached hydrogen (secondary N) is 1. The van der Waals surface area contributed by atoms with Crippen LogP contribution >= 0.6 is 0 Å². The van der Waals surface area contributed by atoms with Gasteiger partial charge in [0.05, 0.1) is 0 Å². The lowest BCUT2D eigenvalue weighted by Crippen LogP contribution is -2.23. The number of benzene rings is 1. The minimum Gasteiger partial charge on any atom is -0.402 e. The fourth-order valence-corrected chi connectivity index (χ4v) is 1.03. The van der Waals surface area contributed by atoms with Crippen molar-refractivity contribution < 1.29 is 4.79 Å². The summed E-state index contributed by atoms with van der Waals surface area (Å²) in [5.41, 5.74) is 6.71. The second-order valence-corrected chi connectivity index (χ2v) is 3.27. The summed E-state index contributed by atoms with van der Waals surface area (Å²) in [7, 11) is 0. The smallest absolute Gasteiger partial charge is 0.252 e. The largest absolute Gasteiger partial charge is 0.402 e. The number of carbonyl (C=O) groups is 1. The average Bonchev–Trinajstić information content (AvgIpc) is 2.29. The molecule has 0 atom stereocenters. The minimum absolute atomic E-state index is 0.133. The van der Waals surface area contributed by atoms with E-state index in [1.165, 1.54) is 0 Å². The molecule has 0 fully saturated rings. The topological polar surface area (TPSA) is 67.5 Å². The summed E-state index contributed by atoms with van der Waals surface area (Å²) in [6.45, 7) is 2.02. The van der Waals surface area contributed by atoms with Crippen LogP contribution in [0.1, 0.15) is 17.3 Å². The Morgan fingerprint density at radius 3 is 2.75 bits per heavy atom. The van der Waals surface area contributed by atoms with Gasteiger partial charge in [0.2, 0.25) is 0 Å². The molecule has 0 aliphatic heterocycles. The second kappa shape index (κ2) is 6.40. The first-order chi connectivity index (χ1) is 7.70. The highest BCUT2D eigenvalue weighted by atomic mass is 16.1. The van der Waals surface area contributed by atoms with E-state index in [0.717, 1.165) is 0 Å². The van der Waals surface area contributed by atoms with Crippen LogP contribution in [0, 0.1) is 0 Å². The summed E-state index contributed by atoms with van der Waals surface area (Å²) in [5.74, 6) is -0.133. The van der Waals surface area contributed by atoms with Crippen molar-refractivity contribution >= 4 is 12.1 Å². The van der Waals surface area contributed by atoms with Crippen molar-refractivity contribution in [3.8, 4) is 0 Å². The number of rotatable bonds is 4. The first-order valence-corrected chi connectivity index (χ1v) is 4.95. The quantitative estimate of drug-likeness (QED) is 0.746. The number of nitrogens with two attached hydrogens (primary N) is 1. The van der Waals surface area contributed by atoms with E-state index in [9.17, 15) is 4.79 Å². The monoisotopic (exact) mass is 217 g/mol. The van der Waals surface area contributed by atoms with E-state index in [4.69, 9.17) is 5.73 Å². The van der Waals surface area contributed by atoms with Crippen LogP contribution in [0.5, 0.6) is 0 Å². The van der Waals surface area contributed by atoms with Crippen molar-refractivity contribution in [2.75, 3.05) is 6.67 Å². The Hall–Kier alpha value is -2.10. The maximum Gasteiger partial charge on any atom is 0.252 e. The molecular weight excluding hydrogens is 202 g/mol. The third-order valence-electron chi connectivity index (χ3n) is 1.81. The van der Waals surface area contributed by atoms with Crippen LogP contribution in [-0.4, -0.2) is 18.8 Å². The lowest BCUT2D eigenvalue weighted by atomic mass is 10.2. The summed E-state index contributed by atoms with van der Waals surface area (Å²) < 4.78 is 0. The van der Waals surface area contributed by atoms with Crippen molar-refractivity contribution in [2.45, 2.75) is 6.92 Å². The molecule has 1 amide bonds. The Morgan fingerprint density at radius 1 is 1.44 bits per heavy atom. The van der Waals surface area contributed by atoms with Gasteiger partial charge in [-0.15, -0.1) is 0 Å². The molecule has 0 aliphatic rings. The molecule has 3 N–H and O–H groups in total. The Kier molecular flexibility index (Phi) is 4.79. The molecule has 16 heavy (non-hydrogen) atoms. The van der Waals surface area contributed by atoms with E-state index in [2.05, 4.69) is 10.3 Å². The predicted octanol–water partition coefficient (Wildman–Crippen LogP) is 1.31. The Labute approximate surface area is 94.9 Å². The van der Waals surface area contributed by atoms with Crippen molar-refractivity contribution in [1.82, 2.24) is 5.32 Å². The van der Waals surface area contributed by atoms with Gasteiger partial charge < -0.3 is 11.1 Å². The van der Waals surface area contributed by atoms with Crippen molar-refractivity contribution in [2.24, 2.45) is 10.7 Å². The molecule has 4 heteroatoms. The molecular formula is C12H15N3O.